The van der Waals surface area contributed by atoms with Crippen LogP contribution < -0.4 is 11.5 Å². The second-order valence-electron chi connectivity index (χ2n) is 19.0. The Morgan fingerprint density at radius 3 is 1.51 bits per heavy atom. The van der Waals surface area contributed by atoms with E-state index in [1.54, 1.807) is 5.56 Å². The molecule has 55 heavy (non-hydrogen) atoms. The topological polar surface area (TPSA) is 52.0 Å². The molecule has 4 saturated carbocycles. The van der Waals surface area contributed by atoms with Crippen LogP contribution in [-0.4, -0.2) is 6.04 Å². The van der Waals surface area contributed by atoms with E-state index in [0.717, 1.165) is 52.7 Å². The molecule has 0 aromatic heterocycles. The van der Waals surface area contributed by atoms with E-state index in [1.807, 2.05) is 18.2 Å². The fourth-order valence-electron chi connectivity index (χ4n) is 11.8. The van der Waals surface area contributed by atoms with Crippen LogP contribution in [0.1, 0.15) is 196 Å². The fraction of sp³-hybridized carbons (Fsp3) is 0.660. The first kappa shape index (κ1) is 42.0. The van der Waals surface area contributed by atoms with Gasteiger partial charge in [0.15, 0.2) is 0 Å². The predicted octanol–water partition coefficient (Wildman–Crippen LogP) is 14.8. The van der Waals surface area contributed by atoms with E-state index in [4.69, 9.17) is 11.5 Å². The third-order valence-electron chi connectivity index (χ3n) is 15.4. The van der Waals surface area contributed by atoms with Gasteiger partial charge in [0.1, 0.15) is 0 Å². The lowest BCUT2D eigenvalue weighted by molar-refractivity contribution is 0.155. The highest BCUT2D eigenvalue weighted by Gasteiger charge is 2.32. The third-order valence-corrected chi connectivity index (χ3v) is 15.4. The molecule has 4 N–H and O–H groups in total. The van der Waals surface area contributed by atoms with Crippen LogP contribution in [0, 0.1) is 35.5 Å². The van der Waals surface area contributed by atoms with Crippen LogP contribution in [0.2, 0.25) is 0 Å². The molecular formula is C53H80N2. The summed E-state index contributed by atoms with van der Waals surface area (Å²) in [5.74, 6) is 7.75. The van der Waals surface area contributed by atoms with Gasteiger partial charge >= 0.3 is 0 Å². The summed E-state index contributed by atoms with van der Waals surface area (Å²) in [7, 11) is 0. The number of unbranched alkanes of at least 4 members (excludes halogenated alkanes) is 4. The molecule has 1 unspecified atom stereocenters. The first-order chi connectivity index (χ1) is 27.0. The van der Waals surface area contributed by atoms with Crippen molar-refractivity contribution in [3.05, 3.63) is 101 Å². The van der Waals surface area contributed by atoms with Crippen molar-refractivity contribution in [1.29, 1.82) is 0 Å². The van der Waals surface area contributed by atoms with Gasteiger partial charge in [-0.05, 0) is 159 Å². The van der Waals surface area contributed by atoms with Gasteiger partial charge in [-0.15, -0.1) is 0 Å². The molecule has 0 bridgehead atoms. The molecule has 1 atom stereocenters. The Morgan fingerprint density at radius 1 is 0.545 bits per heavy atom. The third kappa shape index (κ3) is 12.7. The van der Waals surface area contributed by atoms with Crippen molar-refractivity contribution in [3.63, 3.8) is 0 Å². The molecule has 2 aromatic carbocycles. The van der Waals surface area contributed by atoms with Crippen molar-refractivity contribution < 1.29 is 0 Å². The first-order valence-electron chi connectivity index (χ1n) is 23.8. The Labute approximate surface area is 338 Å². The lowest BCUT2D eigenvalue weighted by atomic mass is 9.68. The number of benzene rings is 2. The fourth-order valence-corrected chi connectivity index (χ4v) is 11.8. The number of allylic oxidation sites excluding steroid dienone is 2. The van der Waals surface area contributed by atoms with Gasteiger partial charge in [-0.1, -0.05) is 158 Å². The van der Waals surface area contributed by atoms with Gasteiger partial charge in [-0.25, -0.2) is 0 Å². The van der Waals surface area contributed by atoms with Crippen LogP contribution in [0.3, 0.4) is 0 Å². The zero-order chi connectivity index (χ0) is 38.2. The summed E-state index contributed by atoms with van der Waals surface area (Å²) < 4.78 is 0. The van der Waals surface area contributed by atoms with Gasteiger partial charge in [-0.2, -0.15) is 0 Å². The minimum absolute atomic E-state index is 0.110. The average Bonchev–Trinajstić information content (AvgIpc) is 3.24. The van der Waals surface area contributed by atoms with E-state index in [2.05, 4.69) is 74.5 Å². The number of rotatable bonds is 13. The lowest BCUT2D eigenvalue weighted by Crippen LogP contribution is -2.25. The monoisotopic (exact) mass is 745 g/mol. The highest BCUT2D eigenvalue weighted by molar-refractivity contribution is 5.62. The average molecular weight is 745 g/mol. The summed E-state index contributed by atoms with van der Waals surface area (Å²) in [4.78, 5) is 0. The SMILES string of the molecule is CCCCCC1CCC(C2CCC(c3cccc(C=C4C(N)=CC=CC4N)c3)CC2)CC1.CCCCCC1CCC(C2CCC(c3ccccc3)CC2)CC1. The summed E-state index contributed by atoms with van der Waals surface area (Å²) in [5, 5.41) is 0. The Bertz CT molecular complexity index is 1450. The normalized spacial score (nSPS) is 32.0. The molecule has 0 saturated heterocycles. The van der Waals surface area contributed by atoms with Crippen LogP contribution >= 0.6 is 0 Å². The van der Waals surface area contributed by atoms with E-state index < -0.39 is 0 Å². The van der Waals surface area contributed by atoms with Crippen molar-refractivity contribution in [3.8, 4) is 0 Å². The molecule has 4 fully saturated rings. The van der Waals surface area contributed by atoms with Crippen molar-refractivity contribution in [2.24, 2.45) is 47.0 Å². The predicted molar refractivity (Wildman–Crippen MR) is 239 cm³/mol. The number of nitrogens with two attached hydrogens (primary N) is 2. The van der Waals surface area contributed by atoms with Crippen LogP contribution in [-0.2, 0) is 0 Å². The molecule has 302 valence electrons. The zero-order valence-corrected chi connectivity index (χ0v) is 35.3. The Kier molecular flexibility index (Phi) is 17.1. The van der Waals surface area contributed by atoms with Gasteiger partial charge in [0.05, 0.1) is 6.04 Å². The van der Waals surface area contributed by atoms with Crippen LogP contribution in [0.25, 0.3) is 6.08 Å². The van der Waals surface area contributed by atoms with E-state index in [0.29, 0.717) is 5.92 Å². The van der Waals surface area contributed by atoms with Gasteiger partial charge in [0.25, 0.3) is 0 Å². The summed E-state index contributed by atoms with van der Waals surface area (Å²) in [6.45, 7) is 4.64. The maximum Gasteiger partial charge on any atom is 0.0504 e. The molecule has 7 rings (SSSR count). The highest BCUT2D eigenvalue weighted by atomic mass is 14.7. The van der Waals surface area contributed by atoms with Gasteiger partial charge in [0.2, 0.25) is 0 Å². The highest BCUT2D eigenvalue weighted by Crippen LogP contribution is 2.46. The van der Waals surface area contributed by atoms with Crippen LogP contribution in [0.4, 0.5) is 0 Å². The van der Waals surface area contributed by atoms with E-state index in [1.165, 1.54) is 165 Å². The Balaban J connectivity index is 0.000000197. The molecule has 5 aliphatic rings. The second-order valence-corrected chi connectivity index (χ2v) is 19.0. The van der Waals surface area contributed by atoms with E-state index in [-0.39, 0.29) is 6.04 Å². The maximum atomic E-state index is 6.25. The molecule has 0 radical (unpaired) electrons. The quantitative estimate of drug-likeness (QED) is 0.201. The molecule has 2 nitrogen and oxygen atoms in total. The molecule has 0 aliphatic heterocycles. The van der Waals surface area contributed by atoms with Crippen LogP contribution in [0.15, 0.2) is 84.1 Å². The lowest BCUT2D eigenvalue weighted by Gasteiger charge is -2.38. The number of hydrogen-bond donors (Lipinski definition) is 2. The molecular weight excluding hydrogens is 665 g/mol. The van der Waals surface area contributed by atoms with Gasteiger partial charge in [-0.3, -0.25) is 0 Å². The minimum atomic E-state index is -0.110. The molecule has 2 heteroatoms. The van der Waals surface area contributed by atoms with E-state index in [9.17, 15) is 0 Å². The molecule has 0 amide bonds. The second kappa shape index (κ2) is 22.4. The maximum absolute atomic E-state index is 6.25. The zero-order valence-electron chi connectivity index (χ0n) is 35.3. The molecule has 0 heterocycles. The molecule has 0 spiro atoms. The minimum Gasteiger partial charge on any atom is -0.398 e. The summed E-state index contributed by atoms with van der Waals surface area (Å²) in [5.41, 5.74) is 18.6. The first-order valence-corrected chi connectivity index (χ1v) is 23.8. The van der Waals surface area contributed by atoms with Crippen molar-refractivity contribution in [2.75, 3.05) is 0 Å². The summed E-state index contributed by atoms with van der Waals surface area (Å²) >= 11 is 0. The van der Waals surface area contributed by atoms with Gasteiger partial charge < -0.3 is 11.5 Å². The smallest absolute Gasteiger partial charge is 0.0504 e. The molecule has 5 aliphatic carbocycles. The van der Waals surface area contributed by atoms with Crippen molar-refractivity contribution in [1.82, 2.24) is 0 Å². The molecule has 2 aromatic rings. The van der Waals surface area contributed by atoms with Gasteiger partial charge in [0, 0.05) is 5.70 Å². The standard InChI is InChI=1S/C30H44N2.C23H36/c1-2-3-4-7-22-12-14-24(15-13-22)25-16-18-26(19-17-25)27-9-5-8-23(20-27)21-28-29(31)10-6-11-30(28)32;1-2-3-5-8-19-11-13-21(14-12-19)23-17-15-22(16-18-23)20-9-6-4-7-10-20/h5-6,8-11,20-22,24-26,29H,2-4,7,12-19,31-32H2,1H3;4,6-7,9-10,19,21-23H,2-3,5,8,11-18H2,1H3. The Hall–Kier alpha value is -2.58. The number of hydrogen-bond acceptors (Lipinski definition) is 2. The largest absolute Gasteiger partial charge is 0.398 e. The van der Waals surface area contributed by atoms with Crippen LogP contribution in [0.5, 0.6) is 0 Å². The summed E-state index contributed by atoms with van der Waals surface area (Å²) in [6.07, 6.45) is 43.2. The van der Waals surface area contributed by atoms with E-state index >= 15 is 0 Å². The van der Waals surface area contributed by atoms with Crippen molar-refractivity contribution >= 4 is 6.08 Å². The van der Waals surface area contributed by atoms with Crippen molar-refractivity contribution in [2.45, 2.75) is 186 Å². The Morgan fingerprint density at radius 2 is 1.02 bits per heavy atom. The summed E-state index contributed by atoms with van der Waals surface area (Å²) in [6, 6.07) is 20.2.